The van der Waals surface area contributed by atoms with Crippen LogP contribution in [0.5, 0.6) is 11.5 Å². The second-order valence-electron chi connectivity index (χ2n) is 4.45. The first-order chi connectivity index (χ1) is 9.86. The lowest BCUT2D eigenvalue weighted by Crippen LogP contribution is -1.96. The fourth-order valence-electron chi connectivity index (χ4n) is 2.06. The van der Waals surface area contributed by atoms with Crippen molar-refractivity contribution in [2.75, 3.05) is 6.79 Å². The summed E-state index contributed by atoms with van der Waals surface area (Å²) in [5, 5.41) is 9.00. The molecule has 0 radical (unpaired) electrons. The van der Waals surface area contributed by atoms with Crippen LogP contribution in [-0.2, 0) is 18.0 Å². The molecule has 0 aliphatic carbocycles. The van der Waals surface area contributed by atoms with Crippen molar-refractivity contribution >= 4 is 0 Å². The summed E-state index contributed by atoms with van der Waals surface area (Å²) in [6, 6.07) is 15.3. The maximum absolute atomic E-state index is 9.00. The number of nitrogens with zero attached hydrogens (tertiary/aromatic N) is 1. The molecular formula is C16H13NO3. The van der Waals surface area contributed by atoms with E-state index in [2.05, 4.69) is 6.07 Å². The highest BCUT2D eigenvalue weighted by atomic mass is 16.7. The first kappa shape index (κ1) is 12.5. The zero-order valence-electron chi connectivity index (χ0n) is 10.8. The Hall–Kier alpha value is -2.51. The summed E-state index contributed by atoms with van der Waals surface area (Å²) in [6.45, 7) is 1.16. The average Bonchev–Trinajstić information content (AvgIpc) is 2.95. The van der Waals surface area contributed by atoms with Crippen LogP contribution in [-0.4, -0.2) is 6.79 Å². The largest absolute Gasteiger partial charge is 0.454 e. The van der Waals surface area contributed by atoms with Gasteiger partial charge in [-0.05, 0) is 29.3 Å². The van der Waals surface area contributed by atoms with Gasteiger partial charge in [-0.25, -0.2) is 0 Å². The summed E-state index contributed by atoms with van der Waals surface area (Å²) >= 11 is 0. The van der Waals surface area contributed by atoms with E-state index in [0.29, 0.717) is 18.8 Å². The van der Waals surface area contributed by atoms with Crippen LogP contribution in [0.2, 0.25) is 0 Å². The summed E-state index contributed by atoms with van der Waals surface area (Å²) in [5.41, 5.74) is 2.57. The molecule has 0 saturated heterocycles. The van der Waals surface area contributed by atoms with E-state index < -0.39 is 0 Å². The highest BCUT2D eigenvalue weighted by Gasteiger charge is 2.13. The Morgan fingerprint density at radius 2 is 1.90 bits per heavy atom. The average molecular weight is 267 g/mol. The maximum Gasteiger partial charge on any atom is 0.231 e. The lowest BCUT2D eigenvalue weighted by atomic mass is 10.1. The molecular weight excluding hydrogens is 254 g/mol. The van der Waals surface area contributed by atoms with Crippen LogP contribution in [0, 0.1) is 11.3 Å². The molecule has 0 unspecified atom stereocenters. The Morgan fingerprint density at radius 3 is 2.80 bits per heavy atom. The third-order valence-electron chi connectivity index (χ3n) is 3.10. The molecule has 100 valence electrons. The minimum Gasteiger partial charge on any atom is -0.454 e. The van der Waals surface area contributed by atoms with E-state index in [1.807, 2.05) is 36.4 Å². The summed E-state index contributed by atoms with van der Waals surface area (Å²) in [6.07, 6.45) is 0. The molecule has 4 nitrogen and oxygen atoms in total. The van der Waals surface area contributed by atoms with Gasteiger partial charge in [0.25, 0.3) is 0 Å². The number of fused-ring (bicyclic) bond motifs is 1. The second kappa shape index (κ2) is 5.64. The molecule has 4 heteroatoms. The van der Waals surface area contributed by atoms with Crippen LogP contribution >= 0.6 is 0 Å². The van der Waals surface area contributed by atoms with Gasteiger partial charge >= 0.3 is 0 Å². The SMILES string of the molecule is N#Cc1ccccc1COCc1ccc2c(c1)OCO2. The van der Waals surface area contributed by atoms with Crippen molar-refractivity contribution in [3.8, 4) is 17.6 Å². The van der Waals surface area contributed by atoms with E-state index >= 15 is 0 Å². The van der Waals surface area contributed by atoms with Crippen LogP contribution in [0.15, 0.2) is 42.5 Å². The van der Waals surface area contributed by atoms with Crippen molar-refractivity contribution in [1.82, 2.24) is 0 Å². The molecule has 0 bridgehead atoms. The molecule has 0 saturated carbocycles. The third-order valence-corrected chi connectivity index (χ3v) is 3.10. The first-order valence-electron chi connectivity index (χ1n) is 6.31. The van der Waals surface area contributed by atoms with Gasteiger partial charge in [-0.15, -0.1) is 0 Å². The molecule has 0 atom stereocenters. The Labute approximate surface area is 117 Å². The van der Waals surface area contributed by atoms with Gasteiger partial charge in [0.05, 0.1) is 24.8 Å². The Bertz CT molecular complexity index is 661. The molecule has 1 aliphatic heterocycles. The van der Waals surface area contributed by atoms with Crippen molar-refractivity contribution < 1.29 is 14.2 Å². The fourth-order valence-corrected chi connectivity index (χ4v) is 2.06. The number of hydrogen-bond donors (Lipinski definition) is 0. The van der Waals surface area contributed by atoms with Gasteiger partial charge in [0, 0.05) is 0 Å². The van der Waals surface area contributed by atoms with E-state index in [9.17, 15) is 0 Å². The van der Waals surface area contributed by atoms with Gasteiger partial charge in [0.1, 0.15) is 0 Å². The van der Waals surface area contributed by atoms with Crippen molar-refractivity contribution in [3.05, 3.63) is 59.2 Å². The predicted molar refractivity (Wildman–Crippen MR) is 72.2 cm³/mol. The quantitative estimate of drug-likeness (QED) is 0.854. The second-order valence-corrected chi connectivity index (χ2v) is 4.45. The number of hydrogen-bond acceptors (Lipinski definition) is 4. The number of nitriles is 1. The van der Waals surface area contributed by atoms with Crippen LogP contribution in [0.4, 0.5) is 0 Å². The van der Waals surface area contributed by atoms with E-state index in [1.165, 1.54) is 0 Å². The lowest BCUT2D eigenvalue weighted by Gasteiger charge is -2.06. The molecule has 0 aromatic heterocycles. The molecule has 2 aromatic carbocycles. The standard InChI is InChI=1S/C16H13NO3/c17-8-13-3-1-2-4-14(13)10-18-9-12-5-6-15-16(7-12)20-11-19-15/h1-7H,9-11H2. The highest BCUT2D eigenvalue weighted by Crippen LogP contribution is 2.32. The van der Waals surface area contributed by atoms with Crippen molar-refractivity contribution in [1.29, 1.82) is 5.26 Å². The van der Waals surface area contributed by atoms with Crippen molar-refractivity contribution in [3.63, 3.8) is 0 Å². The molecule has 20 heavy (non-hydrogen) atoms. The third kappa shape index (κ3) is 2.58. The topological polar surface area (TPSA) is 51.5 Å². The van der Waals surface area contributed by atoms with Crippen molar-refractivity contribution in [2.24, 2.45) is 0 Å². The maximum atomic E-state index is 9.00. The Kier molecular flexibility index (Phi) is 3.53. The van der Waals surface area contributed by atoms with Gasteiger partial charge < -0.3 is 14.2 Å². The summed E-state index contributed by atoms with van der Waals surface area (Å²) in [7, 11) is 0. The van der Waals surface area contributed by atoms with Crippen LogP contribution in [0.25, 0.3) is 0 Å². The Balaban J connectivity index is 1.62. The fraction of sp³-hybridized carbons (Fsp3) is 0.188. The summed E-state index contributed by atoms with van der Waals surface area (Å²) in [5.74, 6) is 1.52. The molecule has 0 amide bonds. The molecule has 2 aromatic rings. The molecule has 0 spiro atoms. The van der Waals surface area contributed by atoms with E-state index in [4.69, 9.17) is 19.5 Å². The molecule has 1 aliphatic rings. The monoisotopic (exact) mass is 267 g/mol. The lowest BCUT2D eigenvalue weighted by molar-refractivity contribution is 0.107. The number of rotatable bonds is 4. The van der Waals surface area contributed by atoms with Crippen molar-refractivity contribution in [2.45, 2.75) is 13.2 Å². The molecule has 3 rings (SSSR count). The van der Waals surface area contributed by atoms with E-state index in [-0.39, 0.29) is 6.79 Å². The Morgan fingerprint density at radius 1 is 1.05 bits per heavy atom. The normalized spacial score (nSPS) is 12.2. The van der Waals surface area contributed by atoms with E-state index in [1.54, 1.807) is 6.07 Å². The number of ether oxygens (including phenoxy) is 3. The predicted octanol–water partition coefficient (Wildman–Crippen LogP) is 3.00. The molecule has 0 N–H and O–H groups in total. The minimum absolute atomic E-state index is 0.273. The zero-order valence-corrected chi connectivity index (χ0v) is 10.8. The first-order valence-corrected chi connectivity index (χ1v) is 6.31. The van der Waals surface area contributed by atoms with Crippen LogP contribution < -0.4 is 9.47 Å². The molecule has 0 fully saturated rings. The smallest absolute Gasteiger partial charge is 0.231 e. The molecule has 1 heterocycles. The van der Waals surface area contributed by atoms with Gasteiger partial charge in [-0.2, -0.15) is 5.26 Å². The van der Waals surface area contributed by atoms with E-state index in [0.717, 1.165) is 22.6 Å². The van der Waals surface area contributed by atoms with Gasteiger partial charge in [-0.3, -0.25) is 0 Å². The number of benzene rings is 2. The van der Waals surface area contributed by atoms with Crippen LogP contribution in [0.1, 0.15) is 16.7 Å². The highest BCUT2D eigenvalue weighted by molar-refractivity contribution is 5.44. The zero-order chi connectivity index (χ0) is 13.8. The van der Waals surface area contributed by atoms with Gasteiger partial charge in [0.15, 0.2) is 11.5 Å². The van der Waals surface area contributed by atoms with Gasteiger partial charge in [-0.1, -0.05) is 24.3 Å². The van der Waals surface area contributed by atoms with Crippen LogP contribution in [0.3, 0.4) is 0 Å². The minimum atomic E-state index is 0.273. The van der Waals surface area contributed by atoms with Gasteiger partial charge in [0.2, 0.25) is 6.79 Å². The summed E-state index contributed by atoms with van der Waals surface area (Å²) in [4.78, 5) is 0. The summed E-state index contributed by atoms with van der Waals surface area (Å²) < 4.78 is 16.2.